The Bertz CT molecular complexity index is 904. The molecule has 0 fully saturated rings. The summed E-state index contributed by atoms with van der Waals surface area (Å²) in [5.74, 6) is 1.26. The predicted octanol–water partition coefficient (Wildman–Crippen LogP) is 3.46. The van der Waals surface area contributed by atoms with Crippen LogP contribution in [0.1, 0.15) is 30.1 Å². The molecule has 0 spiro atoms. The maximum Gasteiger partial charge on any atom is 0.316 e. The summed E-state index contributed by atoms with van der Waals surface area (Å²) in [6, 6.07) is 14.7. The number of para-hydroxylation sites is 1. The lowest BCUT2D eigenvalue weighted by molar-refractivity contribution is 0.0906. The number of ether oxygens (including phenoxy) is 2. The average molecular weight is 367 g/mol. The van der Waals surface area contributed by atoms with Gasteiger partial charge in [-0.15, -0.1) is 0 Å². The molecule has 1 aromatic heterocycles. The van der Waals surface area contributed by atoms with Crippen molar-refractivity contribution in [1.82, 2.24) is 15.5 Å². The molecule has 27 heavy (non-hydrogen) atoms. The molecule has 0 unspecified atom stereocenters. The summed E-state index contributed by atoms with van der Waals surface area (Å²) in [4.78, 5) is 16.4. The first-order valence-electron chi connectivity index (χ1n) is 8.57. The van der Waals surface area contributed by atoms with Crippen LogP contribution in [0.25, 0.3) is 11.4 Å². The smallest absolute Gasteiger partial charge is 0.316 e. The molecule has 0 saturated carbocycles. The van der Waals surface area contributed by atoms with Crippen LogP contribution in [0.5, 0.6) is 11.5 Å². The molecule has 2 aromatic carbocycles. The molecule has 0 radical (unpaired) electrons. The minimum absolute atomic E-state index is 0.0950. The quantitative estimate of drug-likeness (QED) is 0.688. The Labute approximate surface area is 157 Å². The van der Waals surface area contributed by atoms with Gasteiger partial charge in [0.25, 0.3) is 0 Å². The Morgan fingerprint density at radius 2 is 1.89 bits per heavy atom. The number of amides is 1. The van der Waals surface area contributed by atoms with E-state index in [-0.39, 0.29) is 12.0 Å². The van der Waals surface area contributed by atoms with Crippen molar-refractivity contribution in [1.29, 1.82) is 0 Å². The predicted molar refractivity (Wildman–Crippen MR) is 99.7 cm³/mol. The van der Waals surface area contributed by atoms with Crippen LogP contribution in [0.4, 0.5) is 0 Å². The van der Waals surface area contributed by atoms with E-state index in [4.69, 9.17) is 14.0 Å². The van der Waals surface area contributed by atoms with Crippen LogP contribution >= 0.6 is 0 Å². The molecule has 7 nitrogen and oxygen atoms in total. The van der Waals surface area contributed by atoms with Gasteiger partial charge in [-0.2, -0.15) is 4.98 Å². The van der Waals surface area contributed by atoms with Crippen molar-refractivity contribution >= 4 is 5.91 Å². The van der Waals surface area contributed by atoms with Crippen LogP contribution < -0.4 is 14.8 Å². The van der Waals surface area contributed by atoms with Crippen molar-refractivity contribution in [2.45, 2.75) is 26.5 Å². The van der Waals surface area contributed by atoms with E-state index >= 15 is 0 Å². The van der Waals surface area contributed by atoms with Gasteiger partial charge in [0.2, 0.25) is 5.82 Å². The molecule has 0 aliphatic heterocycles. The van der Waals surface area contributed by atoms with Crippen molar-refractivity contribution in [3.8, 4) is 22.9 Å². The molecule has 3 aromatic rings. The fraction of sp³-hybridized carbons (Fsp3) is 0.250. The Kier molecular flexibility index (Phi) is 5.71. The molecule has 1 N–H and O–H groups in total. The summed E-state index contributed by atoms with van der Waals surface area (Å²) >= 11 is 0. The third-order valence-corrected chi connectivity index (χ3v) is 3.74. The monoisotopic (exact) mass is 367 g/mol. The lowest BCUT2D eigenvalue weighted by atomic mass is 10.2. The second kappa shape index (κ2) is 8.35. The van der Waals surface area contributed by atoms with Gasteiger partial charge in [0.05, 0.1) is 13.2 Å². The van der Waals surface area contributed by atoms with E-state index in [1.165, 1.54) is 0 Å². The summed E-state index contributed by atoms with van der Waals surface area (Å²) in [5.41, 5.74) is 1.59. The molecule has 7 heteroatoms. The summed E-state index contributed by atoms with van der Waals surface area (Å²) < 4.78 is 16.0. The highest BCUT2D eigenvalue weighted by Gasteiger charge is 2.16. The number of nitrogens with one attached hydrogen (secondary N) is 1. The fourth-order valence-corrected chi connectivity index (χ4v) is 2.49. The first-order valence-corrected chi connectivity index (χ1v) is 8.57. The molecule has 1 amide bonds. The molecule has 140 valence electrons. The van der Waals surface area contributed by atoms with Crippen molar-refractivity contribution in [3.05, 3.63) is 60.0 Å². The van der Waals surface area contributed by atoms with Crippen LogP contribution in [-0.2, 0) is 6.54 Å². The number of benzene rings is 2. The van der Waals surface area contributed by atoms with E-state index in [0.29, 0.717) is 18.1 Å². The number of carbonyl (C=O) groups is 1. The van der Waals surface area contributed by atoms with Gasteiger partial charge in [-0.3, -0.25) is 4.79 Å². The van der Waals surface area contributed by atoms with E-state index in [1.54, 1.807) is 7.11 Å². The van der Waals surface area contributed by atoms with Gasteiger partial charge >= 0.3 is 11.8 Å². The third-order valence-electron chi connectivity index (χ3n) is 3.74. The van der Waals surface area contributed by atoms with Crippen LogP contribution in [0, 0.1) is 0 Å². The molecular formula is C20H21N3O4. The largest absolute Gasteiger partial charge is 0.496 e. The van der Waals surface area contributed by atoms with Crippen LogP contribution in [0.15, 0.2) is 53.1 Å². The summed E-state index contributed by atoms with van der Waals surface area (Å²) in [6.07, 6.45) is 0.0968. The van der Waals surface area contributed by atoms with Gasteiger partial charge in [-0.05, 0) is 44.2 Å². The molecular weight excluding hydrogens is 346 g/mol. The maximum absolute atomic E-state index is 12.3. The van der Waals surface area contributed by atoms with Crippen LogP contribution in [0.2, 0.25) is 0 Å². The zero-order valence-electron chi connectivity index (χ0n) is 15.4. The van der Waals surface area contributed by atoms with E-state index in [1.807, 2.05) is 62.4 Å². The molecule has 0 aliphatic carbocycles. The van der Waals surface area contributed by atoms with Gasteiger partial charge < -0.3 is 19.3 Å². The second-order valence-electron chi connectivity index (χ2n) is 6.11. The van der Waals surface area contributed by atoms with E-state index in [0.717, 1.165) is 16.9 Å². The molecule has 0 bridgehead atoms. The highest BCUT2D eigenvalue weighted by atomic mass is 16.5. The highest BCUT2D eigenvalue weighted by molar-refractivity contribution is 5.89. The maximum atomic E-state index is 12.3. The van der Waals surface area contributed by atoms with Crippen LogP contribution in [0.3, 0.4) is 0 Å². The standard InChI is InChI=1S/C20H21N3O4/c1-13(2)26-16-10-8-14(9-11-16)18-22-20(27-23-18)19(24)21-12-15-6-4-5-7-17(15)25-3/h4-11,13H,12H2,1-3H3,(H,21,24). The molecule has 0 saturated heterocycles. The number of nitrogens with zero attached hydrogens (tertiary/aromatic N) is 2. The summed E-state index contributed by atoms with van der Waals surface area (Å²) in [7, 11) is 1.59. The second-order valence-corrected chi connectivity index (χ2v) is 6.11. The Hall–Kier alpha value is -3.35. The SMILES string of the molecule is COc1ccccc1CNC(=O)c1nc(-c2ccc(OC(C)C)cc2)no1. The normalized spacial score (nSPS) is 10.7. The number of hydrogen-bond donors (Lipinski definition) is 1. The number of carbonyl (C=O) groups excluding carboxylic acids is 1. The minimum atomic E-state index is -0.445. The van der Waals surface area contributed by atoms with E-state index < -0.39 is 5.91 Å². The summed E-state index contributed by atoms with van der Waals surface area (Å²) in [5, 5.41) is 6.62. The Morgan fingerprint density at radius 1 is 1.15 bits per heavy atom. The van der Waals surface area contributed by atoms with Crippen molar-refractivity contribution in [3.63, 3.8) is 0 Å². The third kappa shape index (κ3) is 4.63. The van der Waals surface area contributed by atoms with E-state index in [2.05, 4.69) is 15.5 Å². The first kappa shape index (κ1) is 18.4. The first-order chi connectivity index (χ1) is 13.1. The Balaban J connectivity index is 1.65. The van der Waals surface area contributed by atoms with Crippen molar-refractivity contribution < 1.29 is 18.8 Å². The lowest BCUT2D eigenvalue weighted by Crippen LogP contribution is -2.23. The topological polar surface area (TPSA) is 86.5 Å². The molecule has 1 heterocycles. The van der Waals surface area contributed by atoms with Crippen molar-refractivity contribution in [2.75, 3.05) is 7.11 Å². The molecule has 0 atom stereocenters. The lowest BCUT2D eigenvalue weighted by Gasteiger charge is -2.09. The van der Waals surface area contributed by atoms with Gasteiger partial charge in [0.15, 0.2) is 0 Å². The van der Waals surface area contributed by atoms with Gasteiger partial charge in [0.1, 0.15) is 11.5 Å². The highest BCUT2D eigenvalue weighted by Crippen LogP contribution is 2.21. The van der Waals surface area contributed by atoms with Gasteiger partial charge in [0, 0.05) is 17.7 Å². The molecule has 3 rings (SSSR count). The number of methoxy groups -OCH3 is 1. The zero-order chi connectivity index (χ0) is 19.2. The number of rotatable bonds is 7. The van der Waals surface area contributed by atoms with E-state index in [9.17, 15) is 4.79 Å². The number of hydrogen-bond acceptors (Lipinski definition) is 6. The minimum Gasteiger partial charge on any atom is -0.496 e. The molecule has 0 aliphatic rings. The van der Waals surface area contributed by atoms with Gasteiger partial charge in [-0.1, -0.05) is 23.4 Å². The average Bonchev–Trinajstić information content (AvgIpc) is 3.16. The zero-order valence-corrected chi connectivity index (χ0v) is 15.4. The van der Waals surface area contributed by atoms with Gasteiger partial charge in [-0.25, -0.2) is 0 Å². The Morgan fingerprint density at radius 3 is 2.59 bits per heavy atom. The van der Waals surface area contributed by atoms with Crippen molar-refractivity contribution in [2.24, 2.45) is 0 Å². The fourth-order valence-electron chi connectivity index (χ4n) is 2.49. The number of aromatic nitrogens is 2. The summed E-state index contributed by atoms with van der Waals surface area (Å²) in [6.45, 7) is 4.22. The van der Waals surface area contributed by atoms with Crippen LogP contribution in [-0.4, -0.2) is 29.3 Å².